The minimum Gasteiger partial charge on any atom is -0.454 e. The van der Waals surface area contributed by atoms with Crippen LogP contribution in [0, 0.1) is 10.8 Å². The molecule has 23 heavy (non-hydrogen) atoms. The number of hydrogen-bond acceptors (Lipinski definition) is 5. The normalized spacial score (nSPS) is 32.7. The molecule has 1 aliphatic carbocycles. The Hall–Kier alpha value is -2.24. The van der Waals surface area contributed by atoms with Crippen molar-refractivity contribution in [2.75, 3.05) is 12.1 Å². The number of esters is 1. The van der Waals surface area contributed by atoms with Crippen molar-refractivity contribution in [3.63, 3.8) is 0 Å². The molecule has 2 fully saturated rings. The Kier molecular flexibility index (Phi) is 2.61. The van der Waals surface area contributed by atoms with Crippen molar-refractivity contribution in [1.82, 2.24) is 0 Å². The molecule has 6 nitrogen and oxygen atoms in total. The quantitative estimate of drug-likeness (QED) is 0.848. The summed E-state index contributed by atoms with van der Waals surface area (Å²) in [6, 6.07) is 5.22. The van der Waals surface area contributed by atoms with E-state index >= 15 is 0 Å². The lowest BCUT2D eigenvalue weighted by Gasteiger charge is -2.35. The van der Waals surface area contributed by atoms with Crippen LogP contribution in [-0.4, -0.2) is 24.3 Å². The fraction of sp³-hybridized carbons (Fsp3) is 0.529. The highest BCUT2D eigenvalue weighted by Gasteiger charge is 2.75. The number of carbonyl (C=O) groups is 2. The molecule has 1 N–H and O–H groups in total. The van der Waals surface area contributed by atoms with Crippen LogP contribution in [0.2, 0.25) is 0 Å². The molecule has 1 saturated carbocycles. The first kappa shape index (κ1) is 14.4. The van der Waals surface area contributed by atoms with Gasteiger partial charge in [0, 0.05) is 17.2 Å². The van der Waals surface area contributed by atoms with Gasteiger partial charge in [-0.3, -0.25) is 9.59 Å². The zero-order chi connectivity index (χ0) is 16.5. The van der Waals surface area contributed by atoms with Gasteiger partial charge in [0.2, 0.25) is 6.79 Å². The van der Waals surface area contributed by atoms with Gasteiger partial charge >= 0.3 is 5.97 Å². The van der Waals surface area contributed by atoms with Crippen LogP contribution in [-0.2, 0) is 14.3 Å². The molecular formula is C17H19NO5. The Morgan fingerprint density at radius 1 is 1.13 bits per heavy atom. The maximum Gasteiger partial charge on any atom is 0.313 e. The summed E-state index contributed by atoms with van der Waals surface area (Å²) in [5.41, 5.74) is -1.69. The maximum absolute atomic E-state index is 12.9. The van der Waals surface area contributed by atoms with Crippen LogP contribution in [0.1, 0.15) is 33.6 Å². The van der Waals surface area contributed by atoms with E-state index in [2.05, 4.69) is 5.32 Å². The number of benzene rings is 1. The van der Waals surface area contributed by atoms with Gasteiger partial charge in [-0.05, 0) is 31.9 Å². The molecule has 2 aliphatic heterocycles. The van der Waals surface area contributed by atoms with Gasteiger partial charge < -0.3 is 19.5 Å². The van der Waals surface area contributed by atoms with Crippen molar-refractivity contribution in [2.24, 2.45) is 10.8 Å². The second-order valence-corrected chi connectivity index (χ2v) is 7.20. The summed E-state index contributed by atoms with van der Waals surface area (Å²) in [5.74, 6) is 0.687. The number of anilines is 1. The molecule has 4 rings (SSSR count). The fourth-order valence-corrected chi connectivity index (χ4v) is 3.95. The SMILES string of the molecule is CC1(C)[C@@]2(C)CC[C@@]1(C(=O)Nc1ccc3c(c1)OCO3)OC2=O. The van der Waals surface area contributed by atoms with E-state index in [1.807, 2.05) is 20.8 Å². The van der Waals surface area contributed by atoms with E-state index in [9.17, 15) is 9.59 Å². The third-order valence-corrected chi connectivity index (χ3v) is 6.08. The Morgan fingerprint density at radius 2 is 1.87 bits per heavy atom. The van der Waals surface area contributed by atoms with Crippen LogP contribution in [0.25, 0.3) is 0 Å². The van der Waals surface area contributed by atoms with Crippen LogP contribution < -0.4 is 14.8 Å². The topological polar surface area (TPSA) is 73.9 Å². The van der Waals surface area contributed by atoms with Crippen LogP contribution >= 0.6 is 0 Å². The average molecular weight is 317 g/mol. The molecule has 0 radical (unpaired) electrons. The van der Waals surface area contributed by atoms with Crippen molar-refractivity contribution in [3.8, 4) is 11.5 Å². The van der Waals surface area contributed by atoms with Gasteiger partial charge in [-0.15, -0.1) is 0 Å². The van der Waals surface area contributed by atoms with Crippen molar-refractivity contribution in [3.05, 3.63) is 18.2 Å². The zero-order valence-corrected chi connectivity index (χ0v) is 13.4. The fourth-order valence-electron chi connectivity index (χ4n) is 3.95. The van der Waals surface area contributed by atoms with Crippen LogP contribution in [0.15, 0.2) is 18.2 Å². The molecule has 1 saturated heterocycles. The predicted molar refractivity (Wildman–Crippen MR) is 81.1 cm³/mol. The van der Waals surface area contributed by atoms with Crippen LogP contribution in [0.3, 0.4) is 0 Å². The number of fused-ring (bicyclic) bond motifs is 3. The number of ether oxygens (including phenoxy) is 3. The molecule has 2 atom stereocenters. The number of nitrogens with one attached hydrogen (secondary N) is 1. The highest BCUT2D eigenvalue weighted by Crippen LogP contribution is 2.65. The molecule has 1 aromatic rings. The second-order valence-electron chi connectivity index (χ2n) is 7.20. The summed E-state index contributed by atoms with van der Waals surface area (Å²) >= 11 is 0. The third kappa shape index (κ3) is 1.58. The summed E-state index contributed by atoms with van der Waals surface area (Å²) in [4.78, 5) is 25.2. The highest BCUT2D eigenvalue weighted by molar-refractivity contribution is 6.03. The van der Waals surface area contributed by atoms with E-state index in [0.717, 1.165) is 0 Å². The van der Waals surface area contributed by atoms with Crippen LogP contribution in [0.4, 0.5) is 5.69 Å². The summed E-state index contributed by atoms with van der Waals surface area (Å²) in [6.45, 7) is 5.94. The third-order valence-electron chi connectivity index (χ3n) is 6.08. The number of carbonyl (C=O) groups excluding carboxylic acids is 2. The van der Waals surface area contributed by atoms with Crippen molar-refractivity contribution < 1.29 is 23.8 Å². The van der Waals surface area contributed by atoms with Crippen molar-refractivity contribution >= 4 is 17.6 Å². The Morgan fingerprint density at radius 3 is 2.52 bits per heavy atom. The van der Waals surface area contributed by atoms with E-state index in [4.69, 9.17) is 14.2 Å². The zero-order valence-electron chi connectivity index (χ0n) is 13.4. The van der Waals surface area contributed by atoms with Gasteiger partial charge in [-0.1, -0.05) is 13.8 Å². The van der Waals surface area contributed by atoms with Gasteiger partial charge in [0.1, 0.15) is 0 Å². The van der Waals surface area contributed by atoms with Crippen molar-refractivity contribution in [1.29, 1.82) is 0 Å². The van der Waals surface area contributed by atoms with Gasteiger partial charge in [0.05, 0.1) is 5.41 Å². The minimum absolute atomic E-state index is 0.180. The number of rotatable bonds is 2. The van der Waals surface area contributed by atoms with Gasteiger partial charge in [0.15, 0.2) is 17.1 Å². The molecule has 2 bridgehead atoms. The van der Waals surface area contributed by atoms with Crippen LogP contribution in [0.5, 0.6) is 11.5 Å². The lowest BCUT2D eigenvalue weighted by molar-refractivity contribution is -0.165. The molecule has 0 spiro atoms. The lowest BCUT2D eigenvalue weighted by Crippen LogP contribution is -2.50. The average Bonchev–Trinajstić information content (AvgIpc) is 3.08. The number of amides is 1. The lowest BCUT2D eigenvalue weighted by atomic mass is 9.66. The Labute approximate surface area is 134 Å². The first-order valence-electron chi connectivity index (χ1n) is 7.75. The van der Waals surface area contributed by atoms with E-state index in [1.54, 1.807) is 18.2 Å². The molecule has 6 heteroatoms. The smallest absolute Gasteiger partial charge is 0.313 e. The Bertz CT molecular complexity index is 728. The minimum atomic E-state index is -1.12. The second kappa shape index (κ2) is 4.19. The largest absolute Gasteiger partial charge is 0.454 e. The first-order valence-corrected chi connectivity index (χ1v) is 7.75. The van der Waals surface area contributed by atoms with E-state index in [1.165, 1.54) is 0 Å². The molecular weight excluding hydrogens is 298 g/mol. The van der Waals surface area contributed by atoms with E-state index in [0.29, 0.717) is 30.0 Å². The molecule has 1 aromatic carbocycles. The molecule has 3 aliphatic rings. The first-order chi connectivity index (χ1) is 10.8. The molecule has 0 unspecified atom stereocenters. The molecule has 0 aromatic heterocycles. The predicted octanol–water partition coefficient (Wildman–Crippen LogP) is 2.48. The summed E-state index contributed by atoms with van der Waals surface area (Å²) in [7, 11) is 0. The Balaban J connectivity index is 1.64. The molecule has 122 valence electrons. The van der Waals surface area contributed by atoms with Gasteiger partial charge in [0.25, 0.3) is 5.91 Å². The van der Waals surface area contributed by atoms with E-state index in [-0.39, 0.29) is 18.7 Å². The van der Waals surface area contributed by atoms with E-state index < -0.39 is 16.4 Å². The van der Waals surface area contributed by atoms with Crippen molar-refractivity contribution in [2.45, 2.75) is 39.2 Å². The summed E-state index contributed by atoms with van der Waals surface area (Å²) in [6.07, 6.45) is 1.20. The molecule has 2 heterocycles. The van der Waals surface area contributed by atoms with Gasteiger partial charge in [-0.2, -0.15) is 0 Å². The molecule has 1 amide bonds. The monoisotopic (exact) mass is 317 g/mol. The maximum atomic E-state index is 12.9. The highest BCUT2D eigenvalue weighted by atomic mass is 16.7. The summed E-state index contributed by atoms with van der Waals surface area (Å²) < 4.78 is 16.2. The standard InChI is InChI=1S/C17H19NO5/c1-15(2)16(3)6-7-17(15,23-14(16)20)13(19)18-10-4-5-11-12(8-10)22-9-21-11/h4-5,8H,6-7,9H2,1-3H3,(H,18,19)/t16-,17-/m0/s1. The summed E-state index contributed by atoms with van der Waals surface area (Å²) in [5, 5.41) is 2.87. The van der Waals surface area contributed by atoms with Gasteiger partial charge in [-0.25, -0.2) is 0 Å². The number of hydrogen-bond donors (Lipinski definition) is 1.